The molecule has 2 atom stereocenters. The third kappa shape index (κ3) is 3.60. The highest BCUT2D eigenvalue weighted by Crippen LogP contribution is 2.36. The summed E-state index contributed by atoms with van der Waals surface area (Å²) in [6.07, 6.45) is -7.87. The molecule has 0 aliphatic carbocycles. The van der Waals surface area contributed by atoms with Gasteiger partial charge in [0, 0.05) is 0 Å². The molecular weight excluding hydrogens is 272 g/mol. The van der Waals surface area contributed by atoms with Gasteiger partial charge in [0.15, 0.2) is 0 Å². The average Bonchev–Trinajstić information content (AvgIpc) is 2.27. The van der Waals surface area contributed by atoms with Crippen LogP contribution < -0.4 is 0 Å². The fourth-order valence-electron chi connectivity index (χ4n) is 1.53. The van der Waals surface area contributed by atoms with Crippen LogP contribution >= 0.6 is 12.6 Å². The minimum absolute atomic E-state index is 0.0267. The lowest BCUT2D eigenvalue weighted by atomic mass is 9.97. The molecule has 0 aliphatic heterocycles. The van der Waals surface area contributed by atoms with Gasteiger partial charge in [-0.3, -0.25) is 0 Å². The maximum atomic E-state index is 12.8. The molecule has 1 aromatic carbocycles. The van der Waals surface area contributed by atoms with Crippen LogP contribution in [0.1, 0.15) is 23.7 Å². The summed E-state index contributed by atoms with van der Waals surface area (Å²) in [5, 5.41) is 19.1. The largest absolute Gasteiger partial charge is 0.416 e. The summed E-state index contributed by atoms with van der Waals surface area (Å²) >= 11 is 3.81. The third-order valence-electron chi connectivity index (χ3n) is 2.43. The average molecular weight is 284 g/mol. The molecule has 0 fully saturated rings. The molecule has 0 aliphatic rings. The molecule has 0 aromatic heterocycles. The number of hydrogen-bond acceptors (Lipinski definition) is 3. The zero-order chi connectivity index (χ0) is 13.9. The molecule has 102 valence electrons. The highest BCUT2D eigenvalue weighted by atomic mass is 32.1. The van der Waals surface area contributed by atoms with Gasteiger partial charge in [0.1, 0.15) is 11.9 Å². The van der Waals surface area contributed by atoms with Gasteiger partial charge in [0.25, 0.3) is 0 Å². The van der Waals surface area contributed by atoms with Crippen LogP contribution in [0.25, 0.3) is 0 Å². The number of benzene rings is 1. The second-order valence-corrected chi connectivity index (χ2v) is 4.20. The van der Waals surface area contributed by atoms with Crippen molar-refractivity contribution < 1.29 is 27.8 Å². The van der Waals surface area contributed by atoms with Crippen molar-refractivity contribution in [2.75, 3.05) is 5.75 Å². The van der Waals surface area contributed by atoms with E-state index in [0.29, 0.717) is 6.07 Å². The summed E-state index contributed by atoms with van der Waals surface area (Å²) < 4.78 is 50.8. The molecule has 18 heavy (non-hydrogen) atoms. The highest BCUT2D eigenvalue weighted by molar-refractivity contribution is 7.80. The Hall–Kier alpha value is -0.790. The highest BCUT2D eigenvalue weighted by Gasteiger charge is 2.36. The lowest BCUT2D eigenvalue weighted by Crippen LogP contribution is -2.22. The van der Waals surface area contributed by atoms with E-state index in [1.165, 1.54) is 0 Å². The number of alkyl halides is 3. The predicted octanol–water partition coefficient (Wildman–Crippen LogP) is 2.56. The molecule has 0 bridgehead atoms. The Labute approximate surface area is 107 Å². The van der Waals surface area contributed by atoms with Crippen molar-refractivity contribution >= 4 is 12.6 Å². The van der Waals surface area contributed by atoms with Gasteiger partial charge in [-0.15, -0.1) is 0 Å². The van der Waals surface area contributed by atoms with Crippen LogP contribution in [0.3, 0.4) is 0 Å². The number of thiol groups is 1. The van der Waals surface area contributed by atoms with Crippen LogP contribution in [0.4, 0.5) is 17.6 Å². The van der Waals surface area contributed by atoms with Gasteiger partial charge in [0.05, 0.1) is 11.7 Å². The molecule has 2 nitrogen and oxygen atoms in total. The van der Waals surface area contributed by atoms with E-state index >= 15 is 0 Å². The van der Waals surface area contributed by atoms with Crippen molar-refractivity contribution in [1.29, 1.82) is 0 Å². The second kappa shape index (κ2) is 5.90. The zero-order valence-corrected chi connectivity index (χ0v) is 10.0. The van der Waals surface area contributed by atoms with Gasteiger partial charge in [0.2, 0.25) is 0 Å². The minimum Gasteiger partial charge on any atom is -0.390 e. The number of aliphatic hydroxyl groups is 2. The van der Waals surface area contributed by atoms with Crippen molar-refractivity contribution in [2.24, 2.45) is 0 Å². The van der Waals surface area contributed by atoms with Crippen LogP contribution in [0.15, 0.2) is 18.2 Å². The van der Waals surface area contributed by atoms with Gasteiger partial charge in [-0.1, -0.05) is 6.07 Å². The van der Waals surface area contributed by atoms with Gasteiger partial charge in [-0.25, -0.2) is 4.39 Å². The fraction of sp³-hybridized carbons (Fsp3) is 0.455. The first kappa shape index (κ1) is 15.3. The Morgan fingerprint density at radius 2 is 1.83 bits per heavy atom. The normalized spacial score (nSPS) is 15.5. The van der Waals surface area contributed by atoms with E-state index in [9.17, 15) is 27.8 Å². The van der Waals surface area contributed by atoms with Crippen LogP contribution in [0, 0.1) is 5.82 Å². The van der Waals surface area contributed by atoms with Crippen LogP contribution in [0.5, 0.6) is 0 Å². The Balaban J connectivity index is 3.15. The van der Waals surface area contributed by atoms with Crippen molar-refractivity contribution in [3.05, 3.63) is 35.1 Å². The molecule has 2 unspecified atom stereocenters. The van der Waals surface area contributed by atoms with Crippen molar-refractivity contribution in [2.45, 2.75) is 24.8 Å². The lowest BCUT2D eigenvalue weighted by molar-refractivity contribution is -0.140. The Bertz CT molecular complexity index is 409. The predicted molar refractivity (Wildman–Crippen MR) is 60.8 cm³/mol. The molecule has 2 N–H and O–H groups in total. The lowest BCUT2D eigenvalue weighted by Gasteiger charge is -2.21. The molecule has 0 spiro atoms. The molecule has 0 saturated carbocycles. The number of aliphatic hydroxyl groups excluding tert-OH is 2. The van der Waals surface area contributed by atoms with Gasteiger partial charge < -0.3 is 10.2 Å². The molecule has 7 heteroatoms. The van der Waals surface area contributed by atoms with Crippen molar-refractivity contribution in [3.63, 3.8) is 0 Å². The standard InChI is InChI=1S/C11H12F4O2S/c12-6-1-2-7(8(5-6)11(13,14)15)10(17)9(16)3-4-18/h1-2,5,9-10,16-18H,3-4H2. The van der Waals surface area contributed by atoms with E-state index in [1.807, 2.05) is 0 Å². The minimum atomic E-state index is -4.79. The maximum Gasteiger partial charge on any atom is 0.416 e. The summed E-state index contributed by atoms with van der Waals surface area (Å²) in [5.41, 5.74) is -1.83. The second-order valence-electron chi connectivity index (χ2n) is 3.75. The first-order valence-electron chi connectivity index (χ1n) is 5.11. The first-order valence-corrected chi connectivity index (χ1v) is 5.74. The molecular formula is C11H12F4O2S. The van der Waals surface area contributed by atoms with E-state index in [4.69, 9.17) is 0 Å². The monoisotopic (exact) mass is 284 g/mol. The molecule has 1 rings (SSSR count). The van der Waals surface area contributed by atoms with Crippen molar-refractivity contribution in [1.82, 2.24) is 0 Å². The Morgan fingerprint density at radius 3 is 2.33 bits per heavy atom. The van der Waals surface area contributed by atoms with Crippen molar-refractivity contribution in [3.8, 4) is 0 Å². The third-order valence-corrected chi connectivity index (χ3v) is 2.69. The summed E-state index contributed by atoms with van der Waals surface area (Å²) in [6.45, 7) is 0. The van der Waals surface area contributed by atoms with E-state index < -0.39 is 35.3 Å². The zero-order valence-electron chi connectivity index (χ0n) is 9.15. The first-order chi connectivity index (χ1) is 8.27. The van der Waals surface area contributed by atoms with Crippen LogP contribution in [-0.2, 0) is 6.18 Å². The van der Waals surface area contributed by atoms with E-state index in [0.717, 1.165) is 12.1 Å². The molecule has 0 amide bonds. The molecule has 0 saturated heterocycles. The van der Waals surface area contributed by atoms with Crippen LogP contribution in [-0.4, -0.2) is 22.1 Å². The Morgan fingerprint density at radius 1 is 1.22 bits per heavy atom. The summed E-state index contributed by atoms with van der Waals surface area (Å²) in [7, 11) is 0. The summed E-state index contributed by atoms with van der Waals surface area (Å²) in [4.78, 5) is 0. The number of halogens is 4. The van der Waals surface area contributed by atoms with E-state index in [2.05, 4.69) is 12.6 Å². The smallest absolute Gasteiger partial charge is 0.390 e. The number of rotatable bonds is 4. The maximum absolute atomic E-state index is 12.8. The van der Waals surface area contributed by atoms with E-state index in [-0.39, 0.29) is 12.2 Å². The van der Waals surface area contributed by atoms with E-state index in [1.54, 1.807) is 0 Å². The summed E-state index contributed by atoms with van der Waals surface area (Å²) in [5.74, 6) is -0.845. The molecule has 0 heterocycles. The SMILES string of the molecule is OC(CCS)C(O)c1ccc(F)cc1C(F)(F)F. The Kier molecular flexibility index (Phi) is 5.01. The quantitative estimate of drug-likeness (QED) is 0.587. The topological polar surface area (TPSA) is 40.5 Å². The van der Waals surface area contributed by atoms with Crippen LogP contribution in [0.2, 0.25) is 0 Å². The summed E-state index contributed by atoms with van der Waals surface area (Å²) in [6, 6.07) is 1.93. The van der Waals surface area contributed by atoms with Gasteiger partial charge in [-0.2, -0.15) is 25.8 Å². The molecule has 1 aromatic rings. The van der Waals surface area contributed by atoms with Gasteiger partial charge in [-0.05, 0) is 29.9 Å². The van der Waals surface area contributed by atoms with Gasteiger partial charge >= 0.3 is 6.18 Å². The number of hydrogen-bond donors (Lipinski definition) is 3. The molecule has 0 radical (unpaired) electrons. The fourth-order valence-corrected chi connectivity index (χ4v) is 1.79.